The highest BCUT2D eigenvalue weighted by Gasteiger charge is 2.09. The van der Waals surface area contributed by atoms with Crippen LogP contribution in [-0.2, 0) is 0 Å². The first-order valence-corrected chi connectivity index (χ1v) is 3.81. The summed E-state index contributed by atoms with van der Waals surface area (Å²) in [6, 6.07) is 0. The fourth-order valence-corrected chi connectivity index (χ4v) is 0.799. The molecule has 0 aliphatic carbocycles. The highest BCUT2D eigenvalue weighted by atomic mass is 14.8. The molecule has 0 aromatic carbocycles. The molecular formula is C8H17N. The molecule has 1 atom stereocenters. The summed E-state index contributed by atoms with van der Waals surface area (Å²) in [5, 5.41) is 0. The predicted molar refractivity (Wildman–Crippen MR) is 43.1 cm³/mol. The molecule has 0 amide bonds. The van der Waals surface area contributed by atoms with Gasteiger partial charge in [-0.3, -0.25) is 4.99 Å². The third-order valence-corrected chi connectivity index (χ3v) is 1.64. The second-order valence-corrected chi connectivity index (χ2v) is 2.21. The van der Waals surface area contributed by atoms with Crippen LogP contribution in [0.4, 0.5) is 0 Å². The minimum Gasteiger partial charge on any atom is -0.294 e. The zero-order valence-corrected chi connectivity index (χ0v) is 6.94. The molecule has 1 aliphatic heterocycles. The zero-order valence-electron chi connectivity index (χ0n) is 6.94. The van der Waals surface area contributed by atoms with Crippen molar-refractivity contribution in [2.75, 3.05) is 6.54 Å². The van der Waals surface area contributed by atoms with Crippen LogP contribution in [-0.4, -0.2) is 12.3 Å². The highest BCUT2D eigenvalue weighted by molar-refractivity contribution is 5.85. The molecule has 0 bridgehead atoms. The fraction of sp³-hybridized carbons (Fsp3) is 0.875. The lowest BCUT2D eigenvalue weighted by molar-refractivity contribution is 0.748. The van der Waals surface area contributed by atoms with Crippen molar-refractivity contribution in [2.24, 2.45) is 10.9 Å². The molecule has 1 unspecified atom stereocenters. The molecule has 1 rings (SSSR count). The van der Waals surface area contributed by atoms with Gasteiger partial charge in [0.25, 0.3) is 0 Å². The van der Waals surface area contributed by atoms with E-state index in [9.17, 15) is 0 Å². The van der Waals surface area contributed by atoms with Crippen LogP contribution < -0.4 is 0 Å². The number of rotatable bonds is 0. The standard InChI is InChI=1S/C6H11N.C2H6/c1-5-3-4-7-6(5)2;1-2/h5H,3-4H2,1-2H3;1-2H3. The van der Waals surface area contributed by atoms with Crippen LogP contribution in [0.25, 0.3) is 0 Å². The molecule has 0 radical (unpaired) electrons. The summed E-state index contributed by atoms with van der Waals surface area (Å²) in [6.45, 7) is 9.40. The largest absolute Gasteiger partial charge is 0.294 e. The second kappa shape index (κ2) is 4.54. The summed E-state index contributed by atoms with van der Waals surface area (Å²) in [6.07, 6.45) is 1.27. The summed E-state index contributed by atoms with van der Waals surface area (Å²) in [7, 11) is 0. The number of hydrogen-bond acceptors (Lipinski definition) is 1. The summed E-state index contributed by atoms with van der Waals surface area (Å²) in [4.78, 5) is 4.23. The van der Waals surface area contributed by atoms with Crippen LogP contribution in [0.15, 0.2) is 4.99 Å². The molecule has 0 N–H and O–H groups in total. The number of hydrogen-bond donors (Lipinski definition) is 0. The van der Waals surface area contributed by atoms with Crippen molar-refractivity contribution in [3.63, 3.8) is 0 Å². The van der Waals surface area contributed by atoms with Gasteiger partial charge in [-0.15, -0.1) is 0 Å². The lowest BCUT2D eigenvalue weighted by Crippen LogP contribution is -1.98. The molecule has 0 saturated carbocycles. The van der Waals surface area contributed by atoms with Gasteiger partial charge in [0.2, 0.25) is 0 Å². The third kappa shape index (κ3) is 2.64. The normalized spacial score (nSPS) is 24.4. The lowest BCUT2D eigenvalue weighted by atomic mass is 10.1. The summed E-state index contributed by atoms with van der Waals surface area (Å²) < 4.78 is 0. The summed E-state index contributed by atoms with van der Waals surface area (Å²) in [5.41, 5.74) is 1.33. The van der Waals surface area contributed by atoms with Gasteiger partial charge in [-0.05, 0) is 19.3 Å². The fourth-order valence-electron chi connectivity index (χ4n) is 0.799. The predicted octanol–water partition coefficient (Wildman–Crippen LogP) is 2.51. The zero-order chi connectivity index (χ0) is 7.28. The molecule has 1 heteroatoms. The Labute approximate surface area is 58.2 Å². The molecule has 1 aliphatic rings. The van der Waals surface area contributed by atoms with E-state index in [4.69, 9.17) is 0 Å². The molecule has 9 heavy (non-hydrogen) atoms. The van der Waals surface area contributed by atoms with E-state index in [1.807, 2.05) is 13.8 Å². The summed E-state index contributed by atoms with van der Waals surface area (Å²) >= 11 is 0. The van der Waals surface area contributed by atoms with Crippen LogP contribution in [0.5, 0.6) is 0 Å². The van der Waals surface area contributed by atoms with Crippen LogP contribution in [0.2, 0.25) is 0 Å². The van der Waals surface area contributed by atoms with Crippen molar-refractivity contribution in [3.05, 3.63) is 0 Å². The quantitative estimate of drug-likeness (QED) is 0.474. The summed E-state index contributed by atoms with van der Waals surface area (Å²) in [5.74, 6) is 0.764. The SMILES string of the molecule is CC.CC1=NCCC1C. The van der Waals surface area contributed by atoms with E-state index in [1.54, 1.807) is 0 Å². The Morgan fingerprint density at radius 1 is 1.44 bits per heavy atom. The van der Waals surface area contributed by atoms with Crippen LogP contribution in [0.1, 0.15) is 34.1 Å². The van der Waals surface area contributed by atoms with Gasteiger partial charge in [0.05, 0.1) is 0 Å². The van der Waals surface area contributed by atoms with Gasteiger partial charge in [0.15, 0.2) is 0 Å². The lowest BCUT2D eigenvalue weighted by Gasteiger charge is -1.95. The van der Waals surface area contributed by atoms with Crippen molar-refractivity contribution >= 4 is 5.71 Å². The Hall–Kier alpha value is -0.330. The molecule has 0 saturated heterocycles. The van der Waals surface area contributed by atoms with E-state index in [1.165, 1.54) is 12.1 Å². The van der Waals surface area contributed by atoms with Crippen LogP contribution in [0, 0.1) is 5.92 Å². The van der Waals surface area contributed by atoms with Gasteiger partial charge in [0, 0.05) is 12.3 Å². The van der Waals surface area contributed by atoms with E-state index in [-0.39, 0.29) is 0 Å². The molecule has 1 heterocycles. The average molecular weight is 127 g/mol. The molecule has 0 aromatic rings. The highest BCUT2D eigenvalue weighted by Crippen LogP contribution is 2.11. The molecule has 0 spiro atoms. The third-order valence-electron chi connectivity index (χ3n) is 1.64. The van der Waals surface area contributed by atoms with E-state index >= 15 is 0 Å². The number of aliphatic imine (C=N–C) groups is 1. The maximum absolute atomic E-state index is 4.23. The Balaban J connectivity index is 0.000000291. The van der Waals surface area contributed by atoms with E-state index < -0.39 is 0 Å². The van der Waals surface area contributed by atoms with Crippen molar-refractivity contribution in [1.29, 1.82) is 0 Å². The van der Waals surface area contributed by atoms with Crippen LogP contribution in [0.3, 0.4) is 0 Å². The molecule has 54 valence electrons. The van der Waals surface area contributed by atoms with Gasteiger partial charge in [-0.1, -0.05) is 20.8 Å². The minimum atomic E-state index is 0.764. The molecule has 0 aromatic heterocycles. The Kier molecular flexibility index (Phi) is 4.37. The second-order valence-electron chi connectivity index (χ2n) is 2.21. The van der Waals surface area contributed by atoms with Gasteiger partial charge in [-0.25, -0.2) is 0 Å². The van der Waals surface area contributed by atoms with Gasteiger partial charge in [-0.2, -0.15) is 0 Å². The van der Waals surface area contributed by atoms with Gasteiger partial charge >= 0.3 is 0 Å². The smallest absolute Gasteiger partial charge is 0.0394 e. The van der Waals surface area contributed by atoms with Gasteiger partial charge < -0.3 is 0 Å². The van der Waals surface area contributed by atoms with Gasteiger partial charge in [0.1, 0.15) is 0 Å². The topological polar surface area (TPSA) is 12.4 Å². The van der Waals surface area contributed by atoms with E-state index in [0.717, 1.165) is 12.5 Å². The number of nitrogens with zero attached hydrogens (tertiary/aromatic N) is 1. The van der Waals surface area contributed by atoms with E-state index in [2.05, 4.69) is 18.8 Å². The Morgan fingerprint density at radius 2 is 2.00 bits per heavy atom. The minimum absolute atomic E-state index is 0.764. The Morgan fingerprint density at radius 3 is 2.11 bits per heavy atom. The first-order chi connectivity index (χ1) is 4.30. The van der Waals surface area contributed by atoms with Crippen LogP contribution >= 0.6 is 0 Å². The molecule has 0 fully saturated rings. The molecule has 1 nitrogen and oxygen atoms in total. The first-order valence-electron chi connectivity index (χ1n) is 3.81. The van der Waals surface area contributed by atoms with Crippen molar-refractivity contribution in [3.8, 4) is 0 Å². The maximum atomic E-state index is 4.23. The Bertz CT molecular complexity index is 94.7. The van der Waals surface area contributed by atoms with Crippen molar-refractivity contribution in [1.82, 2.24) is 0 Å². The van der Waals surface area contributed by atoms with Crippen molar-refractivity contribution < 1.29 is 0 Å². The maximum Gasteiger partial charge on any atom is 0.0394 e. The van der Waals surface area contributed by atoms with E-state index in [0.29, 0.717) is 0 Å². The van der Waals surface area contributed by atoms with Crippen molar-refractivity contribution in [2.45, 2.75) is 34.1 Å². The first kappa shape index (κ1) is 8.67. The molecular weight excluding hydrogens is 110 g/mol. The monoisotopic (exact) mass is 127 g/mol. The average Bonchev–Trinajstić information content (AvgIpc) is 2.23.